The van der Waals surface area contributed by atoms with Gasteiger partial charge in [0.2, 0.25) is 0 Å². The van der Waals surface area contributed by atoms with Crippen molar-refractivity contribution in [2.45, 2.75) is 126 Å². The average Bonchev–Trinajstić information content (AvgIpc) is 0. The Bertz CT molecular complexity index is 5.57. The first-order valence-electron chi connectivity index (χ1n) is 0. The summed E-state index contributed by atoms with van der Waals surface area (Å²) in [5.74, 6) is 0. The Morgan fingerprint density at radius 3 is 0.111 bits per heavy atom. The third-order valence-corrected chi connectivity index (χ3v) is 0. The molecule has 0 saturated carbocycles. The minimum absolute atomic E-state index is 0. The molecule has 0 atom stereocenters. The molecule has 0 aliphatic carbocycles. The van der Waals surface area contributed by atoms with Crippen LogP contribution in [-0.2, 0) is 21.1 Å². The molecular weight excluding hydrogens is 388 g/mol. The molecule has 0 bridgehead atoms. The second-order valence-corrected chi connectivity index (χ2v) is 0. The zero-order valence-corrected chi connectivity index (χ0v) is 3.34. The fraction of sp³-hybridized carbons (Fsp3) is 1.00. The Morgan fingerprint density at radius 2 is 0.111 bits per heavy atom. The summed E-state index contributed by atoms with van der Waals surface area (Å²) in [6, 6.07) is 0. The molecular formula is C17H68W. The molecule has 0 aromatic heterocycles. The molecule has 0 aliphatic rings. The van der Waals surface area contributed by atoms with E-state index in [1.54, 1.807) is 0 Å². The van der Waals surface area contributed by atoms with Crippen LogP contribution < -0.4 is 0 Å². The summed E-state index contributed by atoms with van der Waals surface area (Å²) < 4.78 is 0. The van der Waals surface area contributed by atoms with Gasteiger partial charge in [0.25, 0.3) is 0 Å². The number of hydrogen-bond acceptors (Lipinski definition) is 0. The predicted molar refractivity (Wildman–Crippen MR) is 114 cm³/mol. The van der Waals surface area contributed by atoms with Crippen molar-refractivity contribution in [1.29, 1.82) is 0 Å². The molecule has 0 aromatic rings. The maximum Gasteiger partial charge on any atom is 0 e. The molecule has 0 N–H and O–H groups in total. The van der Waals surface area contributed by atoms with Gasteiger partial charge in [-0.15, -0.1) is 0 Å². The zero-order chi connectivity index (χ0) is 0. The second kappa shape index (κ2) is 10400. The Hall–Kier alpha value is 0.688. The summed E-state index contributed by atoms with van der Waals surface area (Å²) in [6.45, 7) is 0. The Balaban J connectivity index is 0. The van der Waals surface area contributed by atoms with Crippen molar-refractivity contribution in [2.75, 3.05) is 0 Å². The maximum atomic E-state index is 0. The summed E-state index contributed by atoms with van der Waals surface area (Å²) in [5, 5.41) is 0. The molecule has 0 amide bonds. The molecule has 142 valence electrons. The van der Waals surface area contributed by atoms with E-state index in [2.05, 4.69) is 0 Å². The normalized spacial score (nSPS) is 0. The van der Waals surface area contributed by atoms with Gasteiger partial charge in [0.05, 0.1) is 0 Å². The molecule has 0 rings (SSSR count). The van der Waals surface area contributed by atoms with Crippen LogP contribution in [0.15, 0.2) is 0 Å². The van der Waals surface area contributed by atoms with Crippen molar-refractivity contribution in [2.24, 2.45) is 0 Å². The Morgan fingerprint density at radius 1 is 0.111 bits per heavy atom. The molecule has 0 aliphatic heterocycles. The van der Waals surface area contributed by atoms with Crippen molar-refractivity contribution in [3.8, 4) is 0 Å². The second-order valence-electron chi connectivity index (χ2n) is 0. The fourth-order valence-corrected chi connectivity index (χ4v) is 0. The van der Waals surface area contributed by atoms with E-state index in [0.29, 0.717) is 0 Å². The van der Waals surface area contributed by atoms with Gasteiger partial charge >= 0.3 is 0 Å². The Labute approximate surface area is 147 Å². The summed E-state index contributed by atoms with van der Waals surface area (Å²) in [4.78, 5) is 0. The molecule has 0 unspecified atom stereocenters. The molecule has 0 fully saturated rings. The summed E-state index contributed by atoms with van der Waals surface area (Å²) in [7, 11) is 0. The van der Waals surface area contributed by atoms with E-state index in [4.69, 9.17) is 0 Å². The molecule has 0 spiro atoms. The van der Waals surface area contributed by atoms with Crippen molar-refractivity contribution in [3.05, 3.63) is 0 Å². The molecule has 0 saturated heterocycles. The van der Waals surface area contributed by atoms with E-state index < -0.39 is 0 Å². The third kappa shape index (κ3) is 8670. The van der Waals surface area contributed by atoms with Crippen LogP contribution in [0, 0.1) is 0 Å². The number of rotatable bonds is 0. The molecule has 0 aromatic carbocycles. The maximum absolute atomic E-state index is 0. The van der Waals surface area contributed by atoms with Crippen LogP contribution in [0.4, 0.5) is 0 Å². The van der Waals surface area contributed by atoms with E-state index in [1.807, 2.05) is 0 Å². The average molecular weight is 457 g/mol. The van der Waals surface area contributed by atoms with Gasteiger partial charge in [-0.1, -0.05) is 126 Å². The van der Waals surface area contributed by atoms with Crippen molar-refractivity contribution in [3.63, 3.8) is 0 Å². The van der Waals surface area contributed by atoms with Crippen molar-refractivity contribution in [1.82, 2.24) is 0 Å². The first kappa shape index (κ1) is 12300. The van der Waals surface area contributed by atoms with Gasteiger partial charge in [0, 0.05) is 21.1 Å². The van der Waals surface area contributed by atoms with Gasteiger partial charge in [0.15, 0.2) is 0 Å². The molecule has 0 nitrogen and oxygen atoms in total. The predicted octanol–water partition coefficient (Wildman–Crippen LogP) is 10.8. The third-order valence-electron chi connectivity index (χ3n) is 0. The number of hydrogen-bond donors (Lipinski definition) is 0. The zero-order valence-electron chi connectivity index (χ0n) is 0.408. The van der Waals surface area contributed by atoms with Crippen LogP contribution in [0.3, 0.4) is 0 Å². The van der Waals surface area contributed by atoms with E-state index >= 15 is 0 Å². The largest absolute Gasteiger partial charge is 0.0776 e. The molecule has 18 heavy (non-hydrogen) atoms. The first-order valence-corrected chi connectivity index (χ1v) is 0. The van der Waals surface area contributed by atoms with Crippen LogP contribution >= 0.6 is 0 Å². The fourth-order valence-electron chi connectivity index (χ4n) is 0. The van der Waals surface area contributed by atoms with Gasteiger partial charge in [-0.2, -0.15) is 0 Å². The van der Waals surface area contributed by atoms with Gasteiger partial charge in [-0.3, -0.25) is 0 Å². The standard InChI is InChI=1S/17CH4.W/h17*1H4;. The van der Waals surface area contributed by atoms with Crippen LogP contribution in [-0.4, -0.2) is 0 Å². The van der Waals surface area contributed by atoms with Crippen molar-refractivity contribution < 1.29 is 21.1 Å². The van der Waals surface area contributed by atoms with Gasteiger partial charge in [-0.25, -0.2) is 0 Å². The van der Waals surface area contributed by atoms with Crippen LogP contribution in [0.1, 0.15) is 126 Å². The van der Waals surface area contributed by atoms with Gasteiger partial charge in [0.1, 0.15) is 0 Å². The molecule has 1 heteroatoms. The van der Waals surface area contributed by atoms with Crippen LogP contribution in [0.2, 0.25) is 0 Å². The topological polar surface area (TPSA) is 0 Å². The SMILES string of the molecule is C.C.C.C.C.C.C.C.C.C.C.C.C.C.C.C.C.[W]. The smallest absolute Gasteiger partial charge is 0 e. The van der Waals surface area contributed by atoms with Crippen LogP contribution in [0.25, 0.3) is 0 Å². The van der Waals surface area contributed by atoms with E-state index in [9.17, 15) is 0 Å². The van der Waals surface area contributed by atoms with E-state index in [1.165, 1.54) is 0 Å². The van der Waals surface area contributed by atoms with E-state index in [0.717, 1.165) is 0 Å². The summed E-state index contributed by atoms with van der Waals surface area (Å²) in [6.07, 6.45) is 0. The Kier molecular flexibility index (Phi) is 7130000. The minimum atomic E-state index is 0. The van der Waals surface area contributed by atoms with E-state index in [-0.39, 0.29) is 147 Å². The molecule has 0 radical (unpaired) electrons. The first-order chi connectivity index (χ1) is 0. The van der Waals surface area contributed by atoms with Crippen molar-refractivity contribution >= 4 is 0 Å². The van der Waals surface area contributed by atoms with Gasteiger partial charge in [-0.05, 0) is 0 Å². The monoisotopic (exact) mass is 456 g/mol. The van der Waals surface area contributed by atoms with Crippen LogP contribution in [0.5, 0.6) is 0 Å². The van der Waals surface area contributed by atoms with Gasteiger partial charge < -0.3 is 0 Å². The minimum Gasteiger partial charge on any atom is -0.0776 e. The summed E-state index contributed by atoms with van der Waals surface area (Å²) >= 11 is 0. The quantitative estimate of drug-likeness (QED) is 0.340. The molecule has 0 heterocycles. The summed E-state index contributed by atoms with van der Waals surface area (Å²) in [5.41, 5.74) is 0.